The summed E-state index contributed by atoms with van der Waals surface area (Å²) in [5.41, 5.74) is 11.7. The van der Waals surface area contributed by atoms with E-state index in [9.17, 15) is 9.18 Å². The van der Waals surface area contributed by atoms with Gasteiger partial charge in [-0.05, 0) is 18.2 Å². The van der Waals surface area contributed by atoms with E-state index >= 15 is 0 Å². The van der Waals surface area contributed by atoms with Gasteiger partial charge in [0.2, 0.25) is 5.95 Å². The van der Waals surface area contributed by atoms with E-state index in [0.717, 1.165) is 0 Å². The molecule has 1 aliphatic rings. The van der Waals surface area contributed by atoms with Crippen molar-refractivity contribution in [3.8, 4) is 17.0 Å². The summed E-state index contributed by atoms with van der Waals surface area (Å²) >= 11 is 0. The van der Waals surface area contributed by atoms with Gasteiger partial charge in [0.05, 0.1) is 12.2 Å². The lowest BCUT2D eigenvalue weighted by Crippen LogP contribution is -2.15. The topological polar surface area (TPSA) is 104 Å². The molecule has 102 valence electrons. The van der Waals surface area contributed by atoms with E-state index in [4.69, 9.17) is 16.2 Å². The maximum atomic E-state index is 14.0. The van der Waals surface area contributed by atoms with Crippen molar-refractivity contribution in [2.45, 2.75) is 6.42 Å². The maximum absolute atomic E-state index is 14.0. The molecule has 0 bridgehead atoms. The summed E-state index contributed by atoms with van der Waals surface area (Å²) in [7, 11) is 0. The molecule has 0 radical (unpaired) electrons. The fourth-order valence-electron chi connectivity index (χ4n) is 2.08. The number of nitrogen functional groups attached to an aromatic ring is 2. The van der Waals surface area contributed by atoms with Gasteiger partial charge in [-0.15, -0.1) is 0 Å². The molecule has 0 saturated heterocycles. The van der Waals surface area contributed by atoms with Crippen molar-refractivity contribution >= 4 is 17.5 Å². The van der Waals surface area contributed by atoms with E-state index in [1.807, 2.05) is 0 Å². The van der Waals surface area contributed by atoms with E-state index in [-0.39, 0.29) is 23.2 Å². The van der Waals surface area contributed by atoms with Gasteiger partial charge in [-0.2, -0.15) is 4.98 Å². The standard InChI is InChI=1S/C13H11FN4O2/c14-10-11(17-13(16)18-12(10)15)6-1-2-9-7(5-6)8(19)3-4-20-9/h1-2,5H,3-4H2,(H4,15,16,17,18). The molecule has 0 aliphatic carbocycles. The van der Waals surface area contributed by atoms with E-state index in [0.29, 0.717) is 29.9 Å². The number of rotatable bonds is 1. The van der Waals surface area contributed by atoms with Gasteiger partial charge in [-0.25, -0.2) is 9.37 Å². The van der Waals surface area contributed by atoms with Crippen molar-refractivity contribution in [2.24, 2.45) is 0 Å². The molecule has 20 heavy (non-hydrogen) atoms. The predicted molar refractivity (Wildman–Crippen MR) is 70.7 cm³/mol. The fourth-order valence-corrected chi connectivity index (χ4v) is 2.08. The van der Waals surface area contributed by atoms with Crippen LogP contribution in [0.4, 0.5) is 16.2 Å². The number of carbonyl (C=O) groups excluding carboxylic acids is 1. The monoisotopic (exact) mass is 274 g/mol. The highest BCUT2D eigenvalue weighted by Crippen LogP contribution is 2.31. The predicted octanol–water partition coefficient (Wildman–Crippen LogP) is 1.41. The number of anilines is 2. The largest absolute Gasteiger partial charge is 0.492 e. The fraction of sp³-hybridized carbons (Fsp3) is 0.154. The second-order valence-electron chi connectivity index (χ2n) is 4.36. The van der Waals surface area contributed by atoms with Gasteiger partial charge in [0.1, 0.15) is 11.4 Å². The molecular weight excluding hydrogens is 263 g/mol. The average Bonchev–Trinajstić information content (AvgIpc) is 2.43. The number of aromatic nitrogens is 2. The first kappa shape index (κ1) is 12.3. The Labute approximate surface area is 113 Å². The molecule has 1 aliphatic heterocycles. The molecule has 2 aromatic rings. The lowest BCUT2D eigenvalue weighted by atomic mass is 10.0. The molecule has 1 aromatic heterocycles. The Hall–Kier alpha value is -2.70. The van der Waals surface area contributed by atoms with E-state index in [2.05, 4.69) is 9.97 Å². The highest BCUT2D eigenvalue weighted by molar-refractivity contribution is 6.00. The van der Waals surface area contributed by atoms with Gasteiger partial charge in [0.25, 0.3) is 0 Å². The number of hydrogen-bond donors (Lipinski definition) is 2. The molecule has 0 unspecified atom stereocenters. The Kier molecular flexibility index (Phi) is 2.74. The number of fused-ring (bicyclic) bond motifs is 1. The van der Waals surface area contributed by atoms with Crippen LogP contribution in [0.15, 0.2) is 18.2 Å². The summed E-state index contributed by atoms with van der Waals surface area (Å²) < 4.78 is 19.3. The molecule has 2 heterocycles. The van der Waals surface area contributed by atoms with Crippen molar-refractivity contribution in [3.05, 3.63) is 29.6 Å². The minimum absolute atomic E-state index is 0.0313. The maximum Gasteiger partial charge on any atom is 0.222 e. The third-order valence-corrected chi connectivity index (χ3v) is 3.03. The third-order valence-electron chi connectivity index (χ3n) is 3.03. The summed E-state index contributed by atoms with van der Waals surface area (Å²) in [6.07, 6.45) is 0.299. The number of nitrogens with zero attached hydrogens (tertiary/aromatic N) is 2. The van der Waals surface area contributed by atoms with Crippen molar-refractivity contribution < 1.29 is 13.9 Å². The van der Waals surface area contributed by atoms with Crippen LogP contribution in [0.1, 0.15) is 16.8 Å². The zero-order valence-corrected chi connectivity index (χ0v) is 10.4. The molecule has 0 fully saturated rings. The number of carbonyl (C=O) groups is 1. The van der Waals surface area contributed by atoms with Crippen LogP contribution in [0, 0.1) is 5.82 Å². The normalized spacial score (nSPS) is 13.8. The van der Waals surface area contributed by atoms with Crippen LogP contribution in [0.25, 0.3) is 11.3 Å². The second-order valence-corrected chi connectivity index (χ2v) is 4.36. The van der Waals surface area contributed by atoms with Crippen LogP contribution in [0.3, 0.4) is 0 Å². The Morgan fingerprint density at radius 2 is 2.05 bits per heavy atom. The smallest absolute Gasteiger partial charge is 0.222 e. The van der Waals surface area contributed by atoms with Gasteiger partial charge in [-0.1, -0.05) is 0 Å². The first-order chi connectivity index (χ1) is 9.56. The van der Waals surface area contributed by atoms with Crippen LogP contribution in [0.2, 0.25) is 0 Å². The van der Waals surface area contributed by atoms with E-state index in [1.54, 1.807) is 12.1 Å². The molecule has 0 spiro atoms. The summed E-state index contributed by atoms with van der Waals surface area (Å²) in [4.78, 5) is 19.2. The molecule has 1 aromatic carbocycles. The van der Waals surface area contributed by atoms with Crippen molar-refractivity contribution in [1.29, 1.82) is 0 Å². The molecule has 0 saturated carbocycles. The molecular formula is C13H11FN4O2. The van der Waals surface area contributed by atoms with Gasteiger partial charge in [0.15, 0.2) is 17.4 Å². The molecule has 0 amide bonds. The van der Waals surface area contributed by atoms with E-state index in [1.165, 1.54) is 6.07 Å². The number of hydrogen-bond acceptors (Lipinski definition) is 6. The Balaban J connectivity index is 2.16. The lowest BCUT2D eigenvalue weighted by molar-refractivity contribution is 0.0933. The minimum atomic E-state index is -0.761. The average molecular weight is 274 g/mol. The van der Waals surface area contributed by atoms with Gasteiger partial charge < -0.3 is 16.2 Å². The SMILES string of the molecule is Nc1nc(N)c(F)c(-c2ccc3c(c2)C(=O)CCO3)n1. The molecule has 4 N–H and O–H groups in total. The highest BCUT2D eigenvalue weighted by Gasteiger charge is 2.21. The summed E-state index contributed by atoms with van der Waals surface area (Å²) in [5.74, 6) is -0.778. The Morgan fingerprint density at radius 1 is 1.25 bits per heavy atom. The second kappa shape index (κ2) is 4.44. The summed E-state index contributed by atoms with van der Waals surface area (Å²) in [5, 5.41) is 0. The molecule has 0 atom stereocenters. The molecule has 6 nitrogen and oxygen atoms in total. The van der Waals surface area contributed by atoms with Crippen molar-refractivity contribution in [3.63, 3.8) is 0 Å². The van der Waals surface area contributed by atoms with Crippen LogP contribution >= 0.6 is 0 Å². The van der Waals surface area contributed by atoms with Gasteiger partial charge >= 0.3 is 0 Å². The van der Waals surface area contributed by atoms with E-state index < -0.39 is 5.82 Å². The number of ether oxygens (including phenoxy) is 1. The lowest BCUT2D eigenvalue weighted by Gasteiger charge is -2.17. The van der Waals surface area contributed by atoms with Gasteiger partial charge in [-0.3, -0.25) is 4.79 Å². The molecule has 7 heteroatoms. The van der Waals surface area contributed by atoms with Crippen LogP contribution < -0.4 is 16.2 Å². The molecule has 3 rings (SSSR count). The number of ketones is 1. The van der Waals surface area contributed by atoms with Crippen LogP contribution in [-0.2, 0) is 0 Å². The number of Topliss-reactive ketones (excluding diaryl/α,β-unsaturated/α-hetero) is 1. The quantitative estimate of drug-likeness (QED) is 0.814. The van der Waals surface area contributed by atoms with Crippen LogP contribution in [-0.4, -0.2) is 22.4 Å². The van der Waals surface area contributed by atoms with Gasteiger partial charge in [0, 0.05) is 12.0 Å². The van der Waals surface area contributed by atoms with Crippen LogP contribution in [0.5, 0.6) is 5.75 Å². The first-order valence-corrected chi connectivity index (χ1v) is 5.95. The first-order valence-electron chi connectivity index (χ1n) is 5.95. The highest BCUT2D eigenvalue weighted by atomic mass is 19.1. The van der Waals surface area contributed by atoms with Crippen molar-refractivity contribution in [1.82, 2.24) is 9.97 Å². The summed E-state index contributed by atoms with van der Waals surface area (Å²) in [6, 6.07) is 4.73. The van der Waals surface area contributed by atoms with Crippen molar-refractivity contribution in [2.75, 3.05) is 18.1 Å². The zero-order valence-electron chi connectivity index (χ0n) is 10.4. The minimum Gasteiger partial charge on any atom is -0.492 e. The number of benzene rings is 1. The Bertz CT molecular complexity index is 718. The zero-order chi connectivity index (χ0) is 14.3. The third kappa shape index (κ3) is 1.93. The Morgan fingerprint density at radius 3 is 2.85 bits per heavy atom. The summed E-state index contributed by atoms with van der Waals surface area (Å²) in [6.45, 7) is 0.354. The number of nitrogens with two attached hydrogens (primary N) is 2. The number of halogens is 1.